The van der Waals surface area contributed by atoms with Gasteiger partial charge in [0.1, 0.15) is 0 Å². The Bertz CT molecular complexity index is 280. The van der Waals surface area contributed by atoms with Crippen molar-refractivity contribution in [3.8, 4) is 0 Å². The Hall–Kier alpha value is -0.0800. The summed E-state index contributed by atoms with van der Waals surface area (Å²) in [5.74, 6) is 0.774. The highest BCUT2D eigenvalue weighted by Gasteiger charge is 2.30. The van der Waals surface area contributed by atoms with Gasteiger partial charge in [-0.15, -0.1) is 22.9 Å². The molecule has 1 aliphatic rings. The molecule has 1 aromatic heterocycles. The van der Waals surface area contributed by atoms with Crippen LogP contribution < -0.4 is 0 Å². The maximum Gasteiger partial charge on any atom is 0.0943 e. The van der Waals surface area contributed by atoms with E-state index >= 15 is 0 Å². The van der Waals surface area contributed by atoms with Crippen molar-refractivity contribution in [2.75, 3.05) is 0 Å². The van der Waals surface area contributed by atoms with Crippen molar-refractivity contribution in [1.29, 1.82) is 0 Å². The molecule has 13 heavy (non-hydrogen) atoms. The van der Waals surface area contributed by atoms with Gasteiger partial charge in [0, 0.05) is 17.2 Å². The standard InChI is InChI=1S/C10H14ClNS/c1-2-8-6-13-10(12-8)5-9(11)7-3-4-7/h6-7,9H,2-5H2,1H3. The van der Waals surface area contributed by atoms with E-state index in [0.717, 1.165) is 18.8 Å². The molecule has 1 unspecified atom stereocenters. The molecule has 0 bridgehead atoms. The summed E-state index contributed by atoms with van der Waals surface area (Å²) in [6.07, 6.45) is 4.64. The molecule has 1 aliphatic carbocycles. The molecule has 0 spiro atoms. The van der Waals surface area contributed by atoms with Gasteiger partial charge in [-0.2, -0.15) is 0 Å². The monoisotopic (exact) mass is 215 g/mol. The zero-order valence-electron chi connectivity index (χ0n) is 7.79. The van der Waals surface area contributed by atoms with Gasteiger partial charge in [-0.05, 0) is 25.2 Å². The fourth-order valence-electron chi connectivity index (χ4n) is 1.40. The summed E-state index contributed by atoms with van der Waals surface area (Å²) in [6, 6.07) is 0. The molecule has 1 fully saturated rings. The number of aromatic nitrogens is 1. The molecule has 1 aromatic rings. The predicted octanol–water partition coefficient (Wildman–Crippen LogP) is 3.27. The predicted molar refractivity (Wildman–Crippen MR) is 57.6 cm³/mol. The van der Waals surface area contributed by atoms with Crippen molar-refractivity contribution in [3.63, 3.8) is 0 Å². The van der Waals surface area contributed by atoms with Crippen LogP contribution in [0.3, 0.4) is 0 Å². The normalized spacial score (nSPS) is 18.9. The number of aryl methyl sites for hydroxylation is 1. The average molecular weight is 216 g/mol. The van der Waals surface area contributed by atoms with Crippen molar-refractivity contribution in [2.24, 2.45) is 5.92 Å². The molecule has 0 radical (unpaired) electrons. The molecule has 1 nitrogen and oxygen atoms in total. The molecule has 0 aromatic carbocycles. The summed E-state index contributed by atoms with van der Waals surface area (Å²) in [4.78, 5) is 4.51. The van der Waals surface area contributed by atoms with Gasteiger partial charge in [0.25, 0.3) is 0 Å². The van der Waals surface area contributed by atoms with Crippen molar-refractivity contribution in [2.45, 2.75) is 38.0 Å². The molecule has 2 rings (SSSR count). The Balaban J connectivity index is 1.92. The van der Waals surface area contributed by atoms with Crippen LogP contribution in [-0.4, -0.2) is 10.4 Å². The first-order valence-electron chi connectivity index (χ1n) is 4.87. The lowest BCUT2D eigenvalue weighted by Gasteiger charge is -2.03. The van der Waals surface area contributed by atoms with E-state index in [9.17, 15) is 0 Å². The third-order valence-electron chi connectivity index (χ3n) is 2.46. The maximum atomic E-state index is 6.23. The van der Waals surface area contributed by atoms with E-state index in [-0.39, 0.29) is 0 Å². The third kappa shape index (κ3) is 2.44. The second kappa shape index (κ2) is 3.97. The summed E-state index contributed by atoms with van der Waals surface area (Å²) in [7, 11) is 0. The van der Waals surface area contributed by atoms with Crippen molar-refractivity contribution in [1.82, 2.24) is 4.98 Å². The first-order valence-corrected chi connectivity index (χ1v) is 6.18. The Morgan fingerprint density at radius 1 is 1.69 bits per heavy atom. The molecule has 0 aliphatic heterocycles. The quantitative estimate of drug-likeness (QED) is 0.703. The summed E-state index contributed by atoms with van der Waals surface area (Å²) in [5, 5.41) is 3.69. The Morgan fingerprint density at radius 2 is 2.46 bits per heavy atom. The minimum atomic E-state index is 0.329. The van der Waals surface area contributed by atoms with Crippen molar-refractivity contribution < 1.29 is 0 Å². The van der Waals surface area contributed by atoms with E-state index < -0.39 is 0 Å². The summed E-state index contributed by atoms with van der Waals surface area (Å²) in [5.41, 5.74) is 1.21. The highest BCUT2D eigenvalue weighted by Crippen LogP contribution is 2.37. The van der Waals surface area contributed by atoms with Crippen LogP contribution in [0.25, 0.3) is 0 Å². The van der Waals surface area contributed by atoms with Crippen LogP contribution in [0.15, 0.2) is 5.38 Å². The van der Waals surface area contributed by atoms with E-state index in [1.54, 1.807) is 11.3 Å². The Kier molecular flexibility index (Phi) is 2.89. The highest BCUT2D eigenvalue weighted by atomic mass is 35.5. The van der Waals surface area contributed by atoms with E-state index in [4.69, 9.17) is 11.6 Å². The smallest absolute Gasteiger partial charge is 0.0943 e. The van der Waals surface area contributed by atoms with E-state index in [1.807, 2.05) is 0 Å². The number of alkyl halides is 1. The molecule has 0 saturated heterocycles. The molecule has 1 heterocycles. The van der Waals surface area contributed by atoms with Crippen LogP contribution in [0, 0.1) is 5.92 Å². The lowest BCUT2D eigenvalue weighted by Crippen LogP contribution is -2.05. The van der Waals surface area contributed by atoms with Gasteiger partial charge < -0.3 is 0 Å². The minimum Gasteiger partial charge on any atom is -0.246 e. The first-order chi connectivity index (χ1) is 6.29. The summed E-state index contributed by atoms with van der Waals surface area (Å²) < 4.78 is 0. The van der Waals surface area contributed by atoms with Gasteiger partial charge in [0.2, 0.25) is 0 Å². The summed E-state index contributed by atoms with van der Waals surface area (Å²) >= 11 is 7.98. The van der Waals surface area contributed by atoms with Gasteiger partial charge in [-0.1, -0.05) is 6.92 Å². The fourth-order valence-corrected chi connectivity index (χ4v) is 2.82. The number of nitrogens with zero attached hydrogens (tertiary/aromatic N) is 1. The first kappa shape index (κ1) is 9.47. The van der Waals surface area contributed by atoms with Gasteiger partial charge in [0.15, 0.2) is 0 Å². The molecule has 0 N–H and O–H groups in total. The van der Waals surface area contributed by atoms with E-state index in [0.29, 0.717) is 5.38 Å². The average Bonchev–Trinajstić information content (AvgIpc) is 2.88. The van der Waals surface area contributed by atoms with Crippen LogP contribution in [0.5, 0.6) is 0 Å². The summed E-state index contributed by atoms with van der Waals surface area (Å²) in [6.45, 7) is 2.14. The number of hydrogen-bond acceptors (Lipinski definition) is 2. The molecule has 3 heteroatoms. The van der Waals surface area contributed by atoms with Gasteiger partial charge in [-0.3, -0.25) is 0 Å². The molecule has 72 valence electrons. The molecule has 0 amide bonds. The Labute approximate surface area is 88.1 Å². The molecular weight excluding hydrogens is 202 g/mol. The van der Waals surface area contributed by atoms with Crippen LogP contribution in [0.2, 0.25) is 0 Å². The second-order valence-corrected chi connectivity index (χ2v) is 5.15. The number of rotatable bonds is 4. The number of thiazole rings is 1. The molecule has 1 saturated carbocycles. The van der Waals surface area contributed by atoms with Gasteiger partial charge in [-0.25, -0.2) is 4.98 Å². The Morgan fingerprint density at radius 3 is 3.00 bits per heavy atom. The van der Waals surface area contributed by atoms with Crippen molar-refractivity contribution >= 4 is 22.9 Å². The van der Waals surface area contributed by atoms with Crippen LogP contribution in [0.1, 0.15) is 30.5 Å². The molecule has 1 atom stereocenters. The molecular formula is C10H14ClNS. The van der Waals surface area contributed by atoms with Gasteiger partial charge in [0.05, 0.1) is 10.7 Å². The topological polar surface area (TPSA) is 12.9 Å². The fraction of sp³-hybridized carbons (Fsp3) is 0.700. The van der Waals surface area contributed by atoms with Crippen LogP contribution in [0.4, 0.5) is 0 Å². The van der Waals surface area contributed by atoms with E-state index in [2.05, 4.69) is 17.3 Å². The zero-order chi connectivity index (χ0) is 9.26. The lowest BCUT2D eigenvalue weighted by molar-refractivity contribution is 0.732. The second-order valence-electron chi connectivity index (χ2n) is 3.64. The SMILES string of the molecule is CCc1csc(CC(Cl)C2CC2)n1. The lowest BCUT2D eigenvalue weighted by atomic mass is 10.2. The van der Waals surface area contributed by atoms with E-state index in [1.165, 1.54) is 23.5 Å². The maximum absolute atomic E-state index is 6.23. The minimum absolute atomic E-state index is 0.329. The highest BCUT2D eigenvalue weighted by molar-refractivity contribution is 7.09. The van der Waals surface area contributed by atoms with Gasteiger partial charge >= 0.3 is 0 Å². The van der Waals surface area contributed by atoms with Crippen LogP contribution >= 0.6 is 22.9 Å². The largest absolute Gasteiger partial charge is 0.246 e. The number of halogens is 1. The van der Waals surface area contributed by atoms with Crippen LogP contribution in [-0.2, 0) is 12.8 Å². The third-order valence-corrected chi connectivity index (χ3v) is 3.90. The zero-order valence-corrected chi connectivity index (χ0v) is 9.37. The van der Waals surface area contributed by atoms with Crippen molar-refractivity contribution in [3.05, 3.63) is 16.1 Å². The number of hydrogen-bond donors (Lipinski definition) is 0.